The van der Waals surface area contributed by atoms with Gasteiger partial charge in [-0.3, -0.25) is 5.43 Å². The molecule has 0 aromatic heterocycles. The predicted octanol–water partition coefficient (Wildman–Crippen LogP) is 0.162. The molecular formula is C8H16N4S. The van der Waals surface area contributed by atoms with Crippen molar-refractivity contribution in [1.29, 1.82) is 0 Å². The summed E-state index contributed by atoms with van der Waals surface area (Å²) >= 11 is 4.97. The molecule has 4 nitrogen and oxygen atoms in total. The molecule has 5 heteroatoms. The van der Waals surface area contributed by atoms with Gasteiger partial charge in [-0.1, -0.05) is 0 Å². The molecule has 0 unspecified atom stereocenters. The first kappa shape index (κ1) is 10.4. The number of nitrogens with one attached hydrogen (secondary N) is 2. The van der Waals surface area contributed by atoms with Gasteiger partial charge in [0, 0.05) is 26.1 Å². The lowest BCUT2D eigenvalue weighted by Crippen LogP contribution is -2.32. The molecule has 13 heavy (non-hydrogen) atoms. The first-order valence-electron chi connectivity index (χ1n) is 4.50. The summed E-state index contributed by atoms with van der Waals surface area (Å²) in [4.78, 5) is 2.23. The Kier molecular flexibility index (Phi) is 4.11. The van der Waals surface area contributed by atoms with Gasteiger partial charge in [-0.15, -0.1) is 0 Å². The zero-order valence-corrected chi connectivity index (χ0v) is 8.95. The average molecular weight is 200 g/mol. The van der Waals surface area contributed by atoms with Crippen LogP contribution in [-0.4, -0.2) is 42.4 Å². The number of hydrazone groups is 1. The topological polar surface area (TPSA) is 39.7 Å². The smallest absolute Gasteiger partial charge is 0.186 e. The first-order valence-corrected chi connectivity index (χ1v) is 4.91. The van der Waals surface area contributed by atoms with Gasteiger partial charge in [0.05, 0.1) is 5.71 Å². The fourth-order valence-corrected chi connectivity index (χ4v) is 1.40. The van der Waals surface area contributed by atoms with E-state index >= 15 is 0 Å². The summed E-state index contributed by atoms with van der Waals surface area (Å²) in [5, 5.41) is 7.80. The molecule has 1 fully saturated rings. The van der Waals surface area contributed by atoms with Crippen LogP contribution in [0.15, 0.2) is 5.10 Å². The van der Waals surface area contributed by atoms with E-state index in [9.17, 15) is 0 Å². The number of likely N-dealkylation sites (tertiary alicyclic amines) is 1. The monoisotopic (exact) mass is 200 g/mol. The zero-order chi connectivity index (χ0) is 9.68. The van der Waals surface area contributed by atoms with Crippen LogP contribution in [0.5, 0.6) is 0 Å². The van der Waals surface area contributed by atoms with Gasteiger partial charge in [-0.25, -0.2) is 0 Å². The van der Waals surface area contributed by atoms with E-state index in [-0.39, 0.29) is 0 Å². The highest BCUT2D eigenvalue weighted by molar-refractivity contribution is 7.80. The maximum Gasteiger partial charge on any atom is 0.186 e. The van der Waals surface area contributed by atoms with Gasteiger partial charge in [0.15, 0.2) is 5.11 Å². The third kappa shape index (κ3) is 3.69. The normalized spacial score (nSPS) is 20.6. The van der Waals surface area contributed by atoms with Gasteiger partial charge in [-0.2, -0.15) is 5.10 Å². The largest absolute Gasteiger partial charge is 0.362 e. The highest BCUT2D eigenvalue weighted by Gasteiger charge is 2.13. The van der Waals surface area contributed by atoms with Crippen molar-refractivity contribution < 1.29 is 0 Å². The van der Waals surface area contributed by atoms with Crippen molar-refractivity contribution in [3.05, 3.63) is 0 Å². The van der Waals surface area contributed by atoms with Crippen molar-refractivity contribution >= 4 is 23.0 Å². The molecule has 0 bridgehead atoms. The van der Waals surface area contributed by atoms with Crippen molar-refractivity contribution in [2.24, 2.45) is 5.10 Å². The van der Waals surface area contributed by atoms with Crippen LogP contribution in [0.1, 0.15) is 13.3 Å². The molecule has 0 aliphatic carbocycles. The maximum absolute atomic E-state index is 4.97. The van der Waals surface area contributed by atoms with Crippen LogP contribution in [0.2, 0.25) is 0 Å². The Morgan fingerprint density at radius 1 is 1.69 bits per heavy atom. The molecule has 0 aromatic carbocycles. The van der Waals surface area contributed by atoms with Crippen LogP contribution < -0.4 is 10.7 Å². The van der Waals surface area contributed by atoms with Crippen LogP contribution in [-0.2, 0) is 0 Å². The van der Waals surface area contributed by atoms with Gasteiger partial charge < -0.3 is 10.2 Å². The Labute approximate surface area is 84.4 Å². The molecule has 1 aliphatic heterocycles. The third-order valence-electron chi connectivity index (χ3n) is 1.89. The summed E-state index contributed by atoms with van der Waals surface area (Å²) < 4.78 is 0. The fourth-order valence-electron chi connectivity index (χ4n) is 1.21. The van der Waals surface area contributed by atoms with E-state index in [4.69, 9.17) is 12.2 Å². The second-order valence-electron chi connectivity index (χ2n) is 3.14. The molecule has 1 saturated heterocycles. The van der Waals surface area contributed by atoms with Crippen molar-refractivity contribution in [3.63, 3.8) is 0 Å². The molecule has 1 aliphatic rings. The highest BCUT2D eigenvalue weighted by Crippen LogP contribution is 2.01. The van der Waals surface area contributed by atoms with Crippen LogP contribution in [0.25, 0.3) is 0 Å². The van der Waals surface area contributed by atoms with E-state index in [1.165, 1.54) is 5.71 Å². The summed E-state index contributed by atoms with van der Waals surface area (Å²) in [7, 11) is 2.09. The van der Waals surface area contributed by atoms with Gasteiger partial charge in [0.25, 0.3) is 0 Å². The lowest BCUT2D eigenvalue weighted by molar-refractivity contribution is 0.428. The second-order valence-corrected chi connectivity index (χ2v) is 3.55. The molecule has 0 aromatic rings. The molecule has 0 amide bonds. The molecule has 0 atom stereocenters. The summed E-state index contributed by atoms with van der Waals surface area (Å²) in [6.45, 7) is 4.87. The molecule has 1 rings (SSSR count). The zero-order valence-electron chi connectivity index (χ0n) is 8.13. The number of thiocarbonyl (C=S) groups is 1. The van der Waals surface area contributed by atoms with Crippen molar-refractivity contribution in [1.82, 2.24) is 15.6 Å². The van der Waals surface area contributed by atoms with Gasteiger partial charge in [-0.05, 0) is 26.2 Å². The van der Waals surface area contributed by atoms with Crippen molar-refractivity contribution in [2.75, 3.05) is 26.7 Å². The Balaban J connectivity index is 2.27. The average Bonchev–Trinajstić information content (AvgIpc) is 2.49. The Hall–Kier alpha value is -0.680. The molecule has 74 valence electrons. The maximum atomic E-state index is 4.97. The molecule has 1 heterocycles. The predicted molar refractivity (Wildman–Crippen MR) is 59.0 cm³/mol. The quantitative estimate of drug-likeness (QED) is 0.492. The summed E-state index contributed by atoms with van der Waals surface area (Å²) in [6, 6.07) is 0. The van der Waals surface area contributed by atoms with Gasteiger partial charge >= 0.3 is 0 Å². The van der Waals surface area contributed by atoms with Gasteiger partial charge in [0.1, 0.15) is 0 Å². The van der Waals surface area contributed by atoms with E-state index in [0.717, 1.165) is 26.1 Å². The Morgan fingerprint density at radius 3 is 3.00 bits per heavy atom. The minimum Gasteiger partial charge on any atom is -0.362 e. The van der Waals surface area contributed by atoms with Crippen LogP contribution in [0, 0.1) is 0 Å². The van der Waals surface area contributed by atoms with E-state index in [1.807, 2.05) is 6.92 Å². The summed E-state index contributed by atoms with van der Waals surface area (Å²) in [6.07, 6.45) is 1.04. The molecule has 0 radical (unpaired) electrons. The summed E-state index contributed by atoms with van der Waals surface area (Å²) in [5.41, 5.74) is 4.00. The second kappa shape index (κ2) is 5.14. The van der Waals surface area contributed by atoms with E-state index in [0.29, 0.717) is 5.11 Å². The van der Waals surface area contributed by atoms with Crippen LogP contribution in [0.4, 0.5) is 0 Å². The lowest BCUT2D eigenvalue weighted by Gasteiger charge is -2.05. The standard InChI is InChI=1S/C8H16N4S/c1-3-9-8(13)11-10-7-4-5-12(2)6-7/h3-6H2,1-2H3,(H2,9,11,13)/b10-7-. The molecule has 2 N–H and O–H groups in total. The van der Waals surface area contributed by atoms with Crippen LogP contribution in [0.3, 0.4) is 0 Å². The molecule has 0 spiro atoms. The van der Waals surface area contributed by atoms with Crippen LogP contribution >= 0.6 is 12.2 Å². The van der Waals surface area contributed by atoms with E-state index in [2.05, 4.69) is 27.8 Å². The summed E-state index contributed by atoms with van der Waals surface area (Å²) in [5.74, 6) is 0. The van der Waals surface area contributed by atoms with Crippen molar-refractivity contribution in [2.45, 2.75) is 13.3 Å². The van der Waals surface area contributed by atoms with Gasteiger partial charge in [0.2, 0.25) is 0 Å². The Bertz CT molecular complexity index is 214. The highest BCUT2D eigenvalue weighted by atomic mass is 32.1. The molecular weight excluding hydrogens is 184 g/mol. The number of nitrogens with zero attached hydrogens (tertiary/aromatic N) is 2. The number of hydrogen-bond donors (Lipinski definition) is 2. The number of rotatable bonds is 2. The molecule has 0 saturated carbocycles. The Morgan fingerprint density at radius 2 is 2.46 bits per heavy atom. The van der Waals surface area contributed by atoms with E-state index in [1.54, 1.807) is 0 Å². The number of hydrogen-bond acceptors (Lipinski definition) is 3. The lowest BCUT2D eigenvalue weighted by atomic mass is 10.3. The first-order chi connectivity index (χ1) is 6.22. The fraction of sp³-hybridized carbons (Fsp3) is 0.750. The third-order valence-corrected chi connectivity index (χ3v) is 2.12. The van der Waals surface area contributed by atoms with Crippen molar-refractivity contribution in [3.8, 4) is 0 Å². The minimum atomic E-state index is 0.601. The minimum absolute atomic E-state index is 0.601. The SMILES string of the molecule is CCNC(=S)N/N=C1/CCN(C)C1. The van der Waals surface area contributed by atoms with E-state index < -0.39 is 0 Å².